The lowest BCUT2D eigenvalue weighted by molar-refractivity contribution is 0.398. The zero-order valence-corrected chi connectivity index (χ0v) is 10.2. The molecule has 5 nitrogen and oxygen atoms in total. The first-order valence-electron chi connectivity index (χ1n) is 5.47. The van der Waals surface area contributed by atoms with Crippen molar-refractivity contribution in [2.75, 3.05) is 12.4 Å². The van der Waals surface area contributed by atoms with E-state index in [0.717, 1.165) is 16.9 Å². The van der Waals surface area contributed by atoms with Crippen molar-refractivity contribution in [1.29, 1.82) is 0 Å². The van der Waals surface area contributed by atoms with Crippen LogP contribution in [-0.2, 0) is 0 Å². The van der Waals surface area contributed by atoms with E-state index in [0.29, 0.717) is 5.88 Å². The predicted octanol–water partition coefficient (Wildman–Crippen LogP) is 2.29. The van der Waals surface area contributed by atoms with Crippen molar-refractivity contribution in [2.45, 2.75) is 19.9 Å². The third kappa shape index (κ3) is 2.55. The Hall–Kier alpha value is -2.04. The fourth-order valence-electron chi connectivity index (χ4n) is 1.71. The minimum atomic E-state index is 0.184. The minimum absolute atomic E-state index is 0.184. The van der Waals surface area contributed by atoms with Crippen LogP contribution in [0, 0.1) is 6.92 Å². The highest BCUT2D eigenvalue weighted by Crippen LogP contribution is 2.20. The van der Waals surface area contributed by atoms with Gasteiger partial charge in [0, 0.05) is 17.3 Å². The van der Waals surface area contributed by atoms with E-state index >= 15 is 0 Å². The number of rotatable bonds is 4. The highest BCUT2D eigenvalue weighted by molar-refractivity contribution is 5.44. The summed E-state index contributed by atoms with van der Waals surface area (Å²) in [6.45, 7) is 4.09. The molecule has 5 heteroatoms. The Kier molecular flexibility index (Phi) is 3.27. The van der Waals surface area contributed by atoms with E-state index in [1.807, 2.05) is 25.3 Å². The van der Waals surface area contributed by atoms with E-state index in [1.165, 1.54) is 0 Å². The Morgan fingerprint density at radius 3 is 2.71 bits per heavy atom. The number of hydrogen-bond donors (Lipinski definition) is 2. The van der Waals surface area contributed by atoms with E-state index in [-0.39, 0.29) is 6.04 Å². The second kappa shape index (κ2) is 4.86. The number of aromatic amines is 1. The van der Waals surface area contributed by atoms with Crippen molar-refractivity contribution < 1.29 is 4.74 Å². The first kappa shape index (κ1) is 11.4. The number of methoxy groups -OCH3 is 1. The van der Waals surface area contributed by atoms with E-state index in [2.05, 4.69) is 27.4 Å². The van der Waals surface area contributed by atoms with Gasteiger partial charge in [-0.3, -0.25) is 5.10 Å². The molecule has 2 rings (SSSR count). The van der Waals surface area contributed by atoms with Gasteiger partial charge in [-0.25, -0.2) is 4.98 Å². The van der Waals surface area contributed by atoms with Crippen molar-refractivity contribution >= 4 is 5.69 Å². The van der Waals surface area contributed by atoms with E-state index in [1.54, 1.807) is 13.3 Å². The summed E-state index contributed by atoms with van der Waals surface area (Å²) >= 11 is 0. The van der Waals surface area contributed by atoms with Crippen LogP contribution in [0.2, 0.25) is 0 Å². The number of aromatic nitrogens is 3. The topological polar surface area (TPSA) is 62.8 Å². The summed E-state index contributed by atoms with van der Waals surface area (Å²) in [5.41, 5.74) is 3.19. The molecule has 1 unspecified atom stereocenters. The maximum Gasteiger partial charge on any atom is 0.213 e. The van der Waals surface area contributed by atoms with Crippen molar-refractivity contribution in [3.05, 3.63) is 35.8 Å². The van der Waals surface area contributed by atoms with Crippen LogP contribution < -0.4 is 10.1 Å². The molecule has 0 amide bonds. The fourth-order valence-corrected chi connectivity index (χ4v) is 1.71. The third-order valence-electron chi connectivity index (χ3n) is 2.66. The van der Waals surface area contributed by atoms with Gasteiger partial charge in [-0.2, -0.15) is 5.10 Å². The van der Waals surface area contributed by atoms with Gasteiger partial charge in [-0.05, 0) is 19.9 Å². The van der Waals surface area contributed by atoms with Crippen molar-refractivity contribution in [3.8, 4) is 5.88 Å². The average Bonchev–Trinajstić information content (AvgIpc) is 2.76. The summed E-state index contributed by atoms with van der Waals surface area (Å²) in [4.78, 5) is 4.15. The molecule has 2 N–H and O–H groups in total. The monoisotopic (exact) mass is 232 g/mol. The second-order valence-corrected chi connectivity index (χ2v) is 3.91. The molecule has 2 aromatic rings. The van der Waals surface area contributed by atoms with Crippen LogP contribution in [0.4, 0.5) is 5.69 Å². The number of anilines is 1. The molecule has 0 radical (unpaired) electrons. The molecule has 0 saturated heterocycles. The molecule has 1 atom stereocenters. The van der Waals surface area contributed by atoms with Gasteiger partial charge >= 0.3 is 0 Å². The molecule has 0 fully saturated rings. The summed E-state index contributed by atoms with van der Waals surface area (Å²) in [7, 11) is 1.60. The predicted molar refractivity (Wildman–Crippen MR) is 66.2 cm³/mol. The molecule has 2 aromatic heterocycles. The van der Waals surface area contributed by atoms with Crippen LogP contribution in [-0.4, -0.2) is 22.3 Å². The van der Waals surface area contributed by atoms with Crippen LogP contribution in [0.15, 0.2) is 24.5 Å². The molecule has 0 spiro atoms. The molecule has 90 valence electrons. The van der Waals surface area contributed by atoms with Crippen molar-refractivity contribution in [1.82, 2.24) is 15.2 Å². The van der Waals surface area contributed by atoms with E-state index < -0.39 is 0 Å². The lowest BCUT2D eigenvalue weighted by atomic mass is 10.1. The number of nitrogens with one attached hydrogen (secondary N) is 2. The summed E-state index contributed by atoms with van der Waals surface area (Å²) in [5, 5.41) is 10.3. The van der Waals surface area contributed by atoms with E-state index in [4.69, 9.17) is 4.74 Å². The quantitative estimate of drug-likeness (QED) is 0.849. The Bertz CT molecular complexity index is 478. The second-order valence-electron chi connectivity index (χ2n) is 3.91. The van der Waals surface area contributed by atoms with Crippen LogP contribution in [0.3, 0.4) is 0 Å². The standard InChI is InChI=1S/C12H16N4O/c1-8(11-7-14-16-9(11)2)15-10-4-5-12(17-3)13-6-10/h4-8,15H,1-3H3,(H,14,16). The summed E-state index contributed by atoms with van der Waals surface area (Å²) in [6.07, 6.45) is 3.59. The third-order valence-corrected chi connectivity index (χ3v) is 2.66. The SMILES string of the molecule is COc1ccc(NC(C)c2cn[nH]c2C)cn1. The first-order chi connectivity index (χ1) is 8.20. The lowest BCUT2D eigenvalue weighted by Crippen LogP contribution is -2.07. The molecule has 0 aliphatic carbocycles. The first-order valence-corrected chi connectivity index (χ1v) is 5.47. The molecule has 0 aromatic carbocycles. The molecule has 17 heavy (non-hydrogen) atoms. The van der Waals surface area contributed by atoms with Crippen LogP contribution in [0.5, 0.6) is 5.88 Å². The number of hydrogen-bond acceptors (Lipinski definition) is 4. The Morgan fingerprint density at radius 1 is 1.35 bits per heavy atom. The maximum atomic E-state index is 5.01. The summed E-state index contributed by atoms with van der Waals surface area (Å²) in [5.74, 6) is 0.614. The average molecular weight is 232 g/mol. The smallest absolute Gasteiger partial charge is 0.213 e. The van der Waals surface area contributed by atoms with Gasteiger partial charge in [0.15, 0.2) is 0 Å². The van der Waals surface area contributed by atoms with Gasteiger partial charge in [-0.15, -0.1) is 0 Å². The Morgan fingerprint density at radius 2 is 2.18 bits per heavy atom. The fraction of sp³-hybridized carbons (Fsp3) is 0.333. The van der Waals surface area contributed by atoms with Gasteiger partial charge in [-0.1, -0.05) is 0 Å². The van der Waals surface area contributed by atoms with Gasteiger partial charge in [0.2, 0.25) is 5.88 Å². The van der Waals surface area contributed by atoms with Crippen molar-refractivity contribution in [3.63, 3.8) is 0 Å². The molecular formula is C12H16N4O. The normalized spacial score (nSPS) is 12.2. The molecule has 2 heterocycles. The minimum Gasteiger partial charge on any atom is -0.481 e. The highest BCUT2D eigenvalue weighted by Gasteiger charge is 2.09. The number of ether oxygens (including phenoxy) is 1. The number of aryl methyl sites for hydroxylation is 1. The molecule has 0 saturated carbocycles. The largest absolute Gasteiger partial charge is 0.481 e. The van der Waals surface area contributed by atoms with E-state index in [9.17, 15) is 0 Å². The lowest BCUT2D eigenvalue weighted by Gasteiger charge is -2.14. The number of pyridine rings is 1. The van der Waals surface area contributed by atoms with Crippen LogP contribution >= 0.6 is 0 Å². The zero-order valence-electron chi connectivity index (χ0n) is 10.2. The summed E-state index contributed by atoms with van der Waals surface area (Å²) in [6, 6.07) is 3.96. The number of H-pyrrole nitrogens is 1. The van der Waals surface area contributed by atoms with Gasteiger partial charge < -0.3 is 10.1 Å². The Balaban J connectivity index is 2.07. The molecule has 0 aliphatic heterocycles. The summed E-state index contributed by atoms with van der Waals surface area (Å²) < 4.78 is 5.01. The molecule has 0 aliphatic rings. The van der Waals surface area contributed by atoms with Gasteiger partial charge in [0.05, 0.1) is 31.2 Å². The van der Waals surface area contributed by atoms with Crippen LogP contribution in [0.1, 0.15) is 24.2 Å². The van der Waals surface area contributed by atoms with Crippen LogP contribution in [0.25, 0.3) is 0 Å². The van der Waals surface area contributed by atoms with Crippen molar-refractivity contribution in [2.24, 2.45) is 0 Å². The molecular weight excluding hydrogens is 216 g/mol. The Labute approximate surface area is 100 Å². The maximum absolute atomic E-state index is 5.01. The zero-order chi connectivity index (χ0) is 12.3. The molecule has 0 bridgehead atoms. The van der Waals surface area contributed by atoms with Gasteiger partial charge in [0.1, 0.15) is 0 Å². The van der Waals surface area contributed by atoms with Gasteiger partial charge in [0.25, 0.3) is 0 Å². The number of nitrogens with zero attached hydrogens (tertiary/aromatic N) is 2. The highest BCUT2D eigenvalue weighted by atomic mass is 16.5.